The third-order valence-electron chi connectivity index (χ3n) is 2.06. The maximum Gasteiger partial charge on any atom is 0.270 e. The maximum atomic E-state index is 10.7. The van der Waals surface area contributed by atoms with Crippen LogP contribution in [0.2, 0.25) is 0 Å². The van der Waals surface area contributed by atoms with E-state index in [1.54, 1.807) is 19.1 Å². The molecule has 0 radical (unpaired) electrons. The zero-order chi connectivity index (χ0) is 12.3. The molecule has 0 fully saturated rings. The number of nitro benzene ring substituents is 1. The first kappa shape index (κ1) is 12.5. The summed E-state index contributed by atoms with van der Waals surface area (Å²) in [4.78, 5) is 12.1. The number of allylic oxidation sites excluding steroid dienone is 1. The van der Waals surface area contributed by atoms with Crippen LogP contribution in [0.4, 0.5) is 11.4 Å². The molecule has 0 atom stereocenters. The number of benzene rings is 1. The van der Waals surface area contributed by atoms with Gasteiger partial charge in [-0.2, -0.15) is 0 Å². The second-order valence-corrected chi connectivity index (χ2v) is 4.22. The molecule has 0 amide bonds. The van der Waals surface area contributed by atoms with Gasteiger partial charge in [-0.3, -0.25) is 10.1 Å². The molecule has 0 spiro atoms. The van der Waals surface area contributed by atoms with E-state index < -0.39 is 4.92 Å². The van der Waals surface area contributed by atoms with Crippen LogP contribution in [-0.2, 0) is 0 Å². The van der Waals surface area contributed by atoms with E-state index in [0.717, 1.165) is 11.3 Å². The van der Waals surface area contributed by atoms with Gasteiger partial charge < -0.3 is 4.90 Å². The summed E-state index contributed by atoms with van der Waals surface area (Å²) in [7, 11) is 3.75. The molecule has 0 aliphatic heterocycles. The zero-order valence-electron chi connectivity index (χ0n) is 9.40. The van der Waals surface area contributed by atoms with Crippen LogP contribution < -0.4 is 4.90 Å². The average molecular weight is 241 g/mol. The Balaban J connectivity index is 3.32. The highest BCUT2D eigenvalue weighted by Gasteiger charge is 2.10. The topological polar surface area (TPSA) is 46.4 Å². The summed E-state index contributed by atoms with van der Waals surface area (Å²) in [6.07, 6.45) is 1.71. The van der Waals surface area contributed by atoms with Crippen molar-refractivity contribution in [2.24, 2.45) is 0 Å². The second-order valence-electron chi connectivity index (χ2n) is 3.63. The molecule has 0 aliphatic rings. The molecule has 86 valence electrons. The highest BCUT2D eigenvalue weighted by molar-refractivity contribution is 6.31. The van der Waals surface area contributed by atoms with Crippen molar-refractivity contribution in [3.63, 3.8) is 0 Å². The predicted octanol–water partition coefficient (Wildman–Crippen LogP) is 3.26. The highest BCUT2D eigenvalue weighted by Crippen LogP contribution is 2.26. The molecule has 1 aromatic rings. The standard InChI is InChI=1S/C11H13ClN2O2/c1-8(12)6-9-7-10(14(15)16)4-5-11(9)13(2)3/h4-7H,1-3H3/b8-6-. The first-order chi connectivity index (χ1) is 7.41. The number of hydrogen-bond donors (Lipinski definition) is 0. The Morgan fingerprint density at radius 3 is 2.56 bits per heavy atom. The molecule has 0 aliphatic carbocycles. The lowest BCUT2D eigenvalue weighted by atomic mass is 10.1. The van der Waals surface area contributed by atoms with E-state index in [-0.39, 0.29) is 5.69 Å². The van der Waals surface area contributed by atoms with Crippen molar-refractivity contribution in [1.29, 1.82) is 0 Å². The third kappa shape index (κ3) is 2.97. The van der Waals surface area contributed by atoms with Crippen LogP contribution in [0.15, 0.2) is 23.2 Å². The van der Waals surface area contributed by atoms with Crippen LogP contribution in [0.25, 0.3) is 6.08 Å². The Morgan fingerprint density at radius 2 is 2.12 bits per heavy atom. The molecule has 4 nitrogen and oxygen atoms in total. The molecule has 0 heterocycles. The lowest BCUT2D eigenvalue weighted by Gasteiger charge is -2.15. The van der Waals surface area contributed by atoms with E-state index in [1.807, 2.05) is 19.0 Å². The summed E-state index contributed by atoms with van der Waals surface area (Å²) in [5, 5.41) is 11.2. The Morgan fingerprint density at radius 1 is 1.50 bits per heavy atom. The maximum absolute atomic E-state index is 10.7. The van der Waals surface area contributed by atoms with Gasteiger partial charge in [0.05, 0.1) is 4.92 Å². The lowest BCUT2D eigenvalue weighted by Crippen LogP contribution is -2.10. The minimum absolute atomic E-state index is 0.0646. The Hall–Kier alpha value is -1.55. The molecule has 0 unspecified atom stereocenters. The Bertz CT molecular complexity index is 438. The fraction of sp³-hybridized carbons (Fsp3) is 0.273. The average Bonchev–Trinajstić information content (AvgIpc) is 2.15. The van der Waals surface area contributed by atoms with Crippen LogP contribution >= 0.6 is 11.6 Å². The fourth-order valence-electron chi connectivity index (χ4n) is 1.39. The fourth-order valence-corrected chi connectivity index (χ4v) is 1.51. The SMILES string of the molecule is C/C(Cl)=C/c1cc([N+](=O)[O-])ccc1N(C)C. The van der Waals surface area contributed by atoms with Crippen molar-refractivity contribution in [2.75, 3.05) is 19.0 Å². The van der Waals surface area contributed by atoms with Crippen LogP contribution in [0.5, 0.6) is 0 Å². The van der Waals surface area contributed by atoms with Gasteiger partial charge in [0.1, 0.15) is 0 Å². The van der Waals surface area contributed by atoms with E-state index in [0.29, 0.717) is 5.03 Å². The van der Waals surface area contributed by atoms with Crippen molar-refractivity contribution in [2.45, 2.75) is 6.92 Å². The molecule has 0 aromatic heterocycles. The number of nitrogens with zero attached hydrogens (tertiary/aromatic N) is 2. The Labute approximate surface area is 99.3 Å². The van der Waals surface area contributed by atoms with Gasteiger partial charge in [-0.1, -0.05) is 11.6 Å². The molecule has 1 aromatic carbocycles. The van der Waals surface area contributed by atoms with Crippen LogP contribution in [0.1, 0.15) is 12.5 Å². The molecule has 5 heteroatoms. The zero-order valence-corrected chi connectivity index (χ0v) is 10.2. The van der Waals surface area contributed by atoms with Gasteiger partial charge in [-0.05, 0) is 19.1 Å². The molecular formula is C11H13ClN2O2. The molecule has 0 saturated heterocycles. The molecular weight excluding hydrogens is 228 g/mol. The van der Waals surface area contributed by atoms with Gasteiger partial charge in [0.25, 0.3) is 5.69 Å². The van der Waals surface area contributed by atoms with Crippen molar-refractivity contribution < 1.29 is 4.92 Å². The molecule has 16 heavy (non-hydrogen) atoms. The van der Waals surface area contributed by atoms with E-state index in [1.165, 1.54) is 12.1 Å². The lowest BCUT2D eigenvalue weighted by molar-refractivity contribution is -0.384. The number of hydrogen-bond acceptors (Lipinski definition) is 3. The van der Waals surface area contributed by atoms with Gasteiger partial charge in [-0.25, -0.2) is 0 Å². The molecule has 0 N–H and O–H groups in total. The quantitative estimate of drug-likeness (QED) is 0.602. The molecule has 1 rings (SSSR count). The summed E-state index contributed by atoms with van der Waals surface area (Å²) >= 11 is 5.79. The first-order valence-corrected chi connectivity index (χ1v) is 5.09. The largest absolute Gasteiger partial charge is 0.377 e. The van der Waals surface area contributed by atoms with Crippen LogP contribution in [0.3, 0.4) is 0 Å². The van der Waals surface area contributed by atoms with Crippen molar-refractivity contribution in [3.05, 3.63) is 38.9 Å². The summed E-state index contributed by atoms with van der Waals surface area (Å²) in [5.41, 5.74) is 1.70. The number of rotatable bonds is 3. The Kier molecular flexibility index (Phi) is 3.90. The van der Waals surface area contributed by atoms with Gasteiger partial charge in [0.15, 0.2) is 0 Å². The smallest absolute Gasteiger partial charge is 0.270 e. The van der Waals surface area contributed by atoms with E-state index in [2.05, 4.69) is 0 Å². The normalized spacial score (nSPS) is 11.4. The van der Waals surface area contributed by atoms with Gasteiger partial charge >= 0.3 is 0 Å². The second kappa shape index (κ2) is 4.99. The molecule has 0 bridgehead atoms. The monoisotopic (exact) mass is 240 g/mol. The van der Waals surface area contributed by atoms with E-state index >= 15 is 0 Å². The summed E-state index contributed by atoms with van der Waals surface area (Å²) in [6, 6.07) is 4.71. The van der Waals surface area contributed by atoms with Crippen LogP contribution in [-0.4, -0.2) is 19.0 Å². The number of non-ortho nitro benzene ring substituents is 1. The van der Waals surface area contributed by atoms with Crippen molar-refractivity contribution >= 4 is 29.1 Å². The van der Waals surface area contributed by atoms with Crippen molar-refractivity contribution in [3.8, 4) is 0 Å². The van der Waals surface area contributed by atoms with Gasteiger partial charge in [-0.15, -0.1) is 0 Å². The minimum Gasteiger partial charge on any atom is -0.377 e. The van der Waals surface area contributed by atoms with Crippen LogP contribution in [0, 0.1) is 10.1 Å². The van der Waals surface area contributed by atoms with E-state index in [4.69, 9.17) is 11.6 Å². The summed E-state index contributed by atoms with van der Waals surface area (Å²) < 4.78 is 0. The molecule has 0 saturated carbocycles. The number of anilines is 1. The van der Waals surface area contributed by atoms with Gasteiger partial charge in [0, 0.05) is 42.5 Å². The van der Waals surface area contributed by atoms with Gasteiger partial charge in [0.2, 0.25) is 0 Å². The predicted molar refractivity (Wildman–Crippen MR) is 66.9 cm³/mol. The number of nitro groups is 1. The third-order valence-corrected chi connectivity index (χ3v) is 2.17. The van der Waals surface area contributed by atoms with E-state index in [9.17, 15) is 10.1 Å². The minimum atomic E-state index is -0.416. The van der Waals surface area contributed by atoms with Crippen molar-refractivity contribution in [1.82, 2.24) is 0 Å². The summed E-state index contributed by atoms with van der Waals surface area (Å²) in [5.74, 6) is 0. The highest BCUT2D eigenvalue weighted by atomic mass is 35.5. The summed E-state index contributed by atoms with van der Waals surface area (Å²) in [6.45, 7) is 1.74. The first-order valence-electron chi connectivity index (χ1n) is 4.71. The number of halogens is 1.